The lowest BCUT2D eigenvalue weighted by molar-refractivity contribution is -0.128. The van der Waals surface area contributed by atoms with Crippen LogP contribution in [0.1, 0.15) is 32.4 Å². The van der Waals surface area contributed by atoms with Crippen molar-refractivity contribution < 1.29 is 14.0 Å². The lowest BCUT2D eigenvalue weighted by Gasteiger charge is -2.24. The Morgan fingerprint density at radius 3 is 2.56 bits per heavy atom. The number of hydrogen-bond acceptors (Lipinski definition) is 4. The molecule has 34 heavy (non-hydrogen) atoms. The van der Waals surface area contributed by atoms with E-state index in [1.165, 1.54) is 6.07 Å². The summed E-state index contributed by atoms with van der Waals surface area (Å²) in [5, 5.41) is 3.49. The molecule has 3 aromatic carbocycles. The quantitative estimate of drug-likeness (QED) is 0.360. The molecule has 8 heteroatoms. The summed E-state index contributed by atoms with van der Waals surface area (Å²) >= 11 is 9.13. The third-order valence-corrected chi connectivity index (χ3v) is 7.96. The molecule has 4 rings (SSSR count). The number of nitrogens with zero attached hydrogens (tertiary/aromatic N) is 1. The highest BCUT2D eigenvalue weighted by Gasteiger charge is 2.32. The van der Waals surface area contributed by atoms with E-state index in [2.05, 4.69) is 5.32 Å². The van der Waals surface area contributed by atoms with Gasteiger partial charge in [-0.25, -0.2) is 4.39 Å². The molecule has 0 unspecified atom stereocenters. The molecule has 0 spiro atoms. The molecule has 0 aliphatic carbocycles. The molecule has 0 saturated carbocycles. The van der Waals surface area contributed by atoms with Crippen molar-refractivity contribution in [2.24, 2.45) is 0 Å². The van der Waals surface area contributed by atoms with Crippen LogP contribution < -0.4 is 5.32 Å². The number of rotatable bonds is 9. The lowest BCUT2D eigenvalue weighted by Crippen LogP contribution is -2.28. The Bertz CT molecular complexity index is 1140. The molecule has 1 N–H and O–H groups in total. The third kappa shape index (κ3) is 6.34. The summed E-state index contributed by atoms with van der Waals surface area (Å²) in [6, 6.07) is 21.6. The van der Waals surface area contributed by atoms with Gasteiger partial charge in [0.1, 0.15) is 11.2 Å². The Kier molecular flexibility index (Phi) is 8.53. The van der Waals surface area contributed by atoms with Crippen LogP contribution in [0.4, 0.5) is 4.39 Å². The van der Waals surface area contributed by atoms with E-state index in [0.29, 0.717) is 46.5 Å². The number of halogens is 2. The normalized spacial score (nSPS) is 15.5. The fourth-order valence-electron chi connectivity index (χ4n) is 3.62. The van der Waals surface area contributed by atoms with Crippen molar-refractivity contribution in [1.82, 2.24) is 10.2 Å². The molecule has 176 valence electrons. The average molecular weight is 515 g/mol. The van der Waals surface area contributed by atoms with Gasteiger partial charge in [0.25, 0.3) is 5.91 Å². The summed E-state index contributed by atoms with van der Waals surface area (Å²) in [5.41, 5.74) is 3.25. The first kappa shape index (κ1) is 24.6. The fraction of sp³-hybridized carbons (Fsp3) is 0.231. The molecule has 1 saturated heterocycles. The number of carbonyl (C=O) groups excluding carboxylic acids is 2. The van der Waals surface area contributed by atoms with Crippen molar-refractivity contribution in [3.63, 3.8) is 0 Å². The number of nitrogens with one attached hydrogen (secondary N) is 1. The van der Waals surface area contributed by atoms with Gasteiger partial charge in [0.2, 0.25) is 5.91 Å². The van der Waals surface area contributed by atoms with E-state index < -0.39 is 0 Å². The predicted octanol–water partition coefficient (Wildman–Crippen LogP) is 5.92. The van der Waals surface area contributed by atoms with Crippen molar-refractivity contribution in [3.8, 4) is 0 Å². The Labute approximate surface area is 212 Å². The Balaban J connectivity index is 1.28. The zero-order chi connectivity index (χ0) is 23.9. The second-order valence-corrected chi connectivity index (χ2v) is 10.4. The van der Waals surface area contributed by atoms with Crippen LogP contribution >= 0.6 is 35.1 Å². The summed E-state index contributed by atoms with van der Waals surface area (Å²) < 4.78 is 13.7. The maximum atomic E-state index is 13.7. The fourth-order valence-corrected chi connectivity index (χ4v) is 5.78. The van der Waals surface area contributed by atoms with Gasteiger partial charge in [-0.15, -0.1) is 11.8 Å². The zero-order valence-electron chi connectivity index (χ0n) is 18.4. The summed E-state index contributed by atoms with van der Waals surface area (Å²) in [6.07, 6.45) is 0. The summed E-state index contributed by atoms with van der Waals surface area (Å²) in [6.45, 7) is 1.02. The number of hydrogen-bond donors (Lipinski definition) is 1. The van der Waals surface area contributed by atoms with Crippen LogP contribution in [0.15, 0.2) is 72.8 Å². The first-order chi connectivity index (χ1) is 16.5. The minimum atomic E-state index is -0.201. The van der Waals surface area contributed by atoms with E-state index >= 15 is 0 Å². The molecule has 1 fully saturated rings. The Morgan fingerprint density at radius 2 is 1.82 bits per heavy atom. The Hall–Kier alpha value is -2.48. The van der Waals surface area contributed by atoms with Crippen molar-refractivity contribution >= 4 is 46.9 Å². The Morgan fingerprint density at radius 1 is 1.09 bits per heavy atom. The van der Waals surface area contributed by atoms with Gasteiger partial charge in [-0.2, -0.15) is 11.8 Å². The van der Waals surface area contributed by atoms with Crippen LogP contribution in [0, 0.1) is 5.82 Å². The standard InChI is InChI=1S/C26H24ClFN2O2S2/c27-22-11-5-18(6-12-22)15-30-24(31)17-34-26(30)20-9-7-19(8-10-20)25(32)29-13-14-33-16-21-3-1-2-4-23(21)28/h1-12,26H,13-17H2,(H,29,32)/t26-/m0/s1. The number of benzene rings is 3. The summed E-state index contributed by atoms with van der Waals surface area (Å²) in [4.78, 5) is 26.8. The molecule has 3 aromatic rings. The number of carbonyl (C=O) groups is 2. The highest BCUT2D eigenvalue weighted by Crippen LogP contribution is 2.39. The summed E-state index contributed by atoms with van der Waals surface area (Å²) in [7, 11) is 0. The van der Waals surface area contributed by atoms with E-state index in [1.54, 1.807) is 47.8 Å². The maximum absolute atomic E-state index is 13.7. The molecule has 2 amide bonds. The molecular weight excluding hydrogens is 491 g/mol. The molecule has 0 bridgehead atoms. The second-order valence-electron chi connectivity index (χ2n) is 7.83. The van der Waals surface area contributed by atoms with E-state index in [-0.39, 0.29) is 23.0 Å². The highest BCUT2D eigenvalue weighted by molar-refractivity contribution is 8.00. The molecule has 4 nitrogen and oxygen atoms in total. The van der Waals surface area contributed by atoms with Crippen LogP contribution in [0.3, 0.4) is 0 Å². The molecular formula is C26H24ClFN2O2S2. The highest BCUT2D eigenvalue weighted by atomic mass is 35.5. The average Bonchev–Trinajstić information content (AvgIpc) is 3.21. The number of thioether (sulfide) groups is 2. The van der Waals surface area contributed by atoms with E-state index in [9.17, 15) is 14.0 Å². The zero-order valence-corrected chi connectivity index (χ0v) is 20.8. The number of amides is 2. The van der Waals surface area contributed by atoms with Gasteiger partial charge >= 0.3 is 0 Å². The molecule has 1 atom stereocenters. The van der Waals surface area contributed by atoms with Gasteiger partial charge in [-0.05, 0) is 47.0 Å². The smallest absolute Gasteiger partial charge is 0.251 e. The first-order valence-corrected chi connectivity index (χ1v) is 13.4. The van der Waals surface area contributed by atoms with Gasteiger partial charge < -0.3 is 10.2 Å². The van der Waals surface area contributed by atoms with Crippen LogP contribution in [-0.2, 0) is 17.1 Å². The molecule has 0 radical (unpaired) electrons. The monoisotopic (exact) mass is 514 g/mol. The van der Waals surface area contributed by atoms with Crippen molar-refractivity contribution in [2.75, 3.05) is 18.1 Å². The van der Waals surface area contributed by atoms with Crippen LogP contribution in [0.2, 0.25) is 5.02 Å². The van der Waals surface area contributed by atoms with E-state index in [4.69, 9.17) is 11.6 Å². The predicted molar refractivity (Wildman–Crippen MR) is 139 cm³/mol. The maximum Gasteiger partial charge on any atom is 0.251 e. The lowest BCUT2D eigenvalue weighted by atomic mass is 10.1. The SMILES string of the molecule is O=C(NCCSCc1ccccc1F)c1ccc([C@@H]2SCC(=O)N2Cc2ccc(Cl)cc2)cc1. The van der Waals surface area contributed by atoms with Gasteiger partial charge in [0, 0.05) is 35.2 Å². The van der Waals surface area contributed by atoms with E-state index in [1.807, 2.05) is 47.4 Å². The van der Waals surface area contributed by atoms with Gasteiger partial charge in [-0.3, -0.25) is 9.59 Å². The minimum Gasteiger partial charge on any atom is -0.351 e. The third-order valence-electron chi connectivity index (χ3n) is 5.44. The van der Waals surface area contributed by atoms with Gasteiger partial charge in [-0.1, -0.05) is 54.1 Å². The minimum absolute atomic E-state index is 0.0879. The molecule has 1 aliphatic heterocycles. The van der Waals surface area contributed by atoms with Crippen LogP contribution in [-0.4, -0.2) is 34.8 Å². The molecule has 1 heterocycles. The van der Waals surface area contributed by atoms with Gasteiger partial charge in [0.05, 0.1) is 5.75 Å². The van der Waals surface area contributed by atoms with Crippen molar-refractivity contribution in [1.29, 1.82) is 0 Å². The molecule has 1 aliphatic rings. The first-order valence-electron chi connectivity index (χ1n) is 10.9. The summed E-state index contributed by atoms with van der Waals surface area (Å²) in [5.74, 6) is 1.45. The van der Waals surface area contributed by atoms with Gasteiger partial charge in [0.15, 0.2) is 0 Å². The van der Waals surface area contributed by atoms with Crippen LogP contribution in [0.25, 0.3) is 0 Å². The largest absolute Gasteiger partial charge is 0.351 e. The topological polar surface area (TPSA) is 49.4 Å². The van der Waals surface area contributed by atoms with Crippen LogP contribution in [0.5, 0.6) is 0 Å². The van der Waals surface area contributed by atoms with Crippen molar-refractivity contribution in [2.45, 2.75) is 17.7 Å². The van der Waals surface area contributed by atoms with Crippen molar-refractivity contribution in [3.05, 3.63) is 106 Å². The molecule has 0 aromatic heterocycles. The van der Waals surface area contributed by atoms with E-state index in [0.717, 1.165) is 11.1 Å². The second kappa shape index (κ2) is 11.8.